The molecule has 1 amide bonds. The molecule has 0 radical (unpaired) electrons. The van der Waals surface area contributed by atoms with Gasteiger partial charge in [-0.1, -0.05) is 62.2 Å². The van der Waals surface area contributed by atoms with E-state index in [1.807, 2.05) is 35.9 Å². The molecule has 26 heavy (non-hydrogen) atoms. The minimum Gasteiger partial charge on any atom is -0.352 e. The van der Waals surface area contributed by atoms with Crippen LogP contribution in [0, 0.1) is 11.8 Å². The Labute approximate surface area is 163 Å². The molecule has 140 valence electrons. The average Bonchev–Trinajstić information content (AvgIpc) is 2.98. The summed E-state index contributed by atoms with van der Waals surface area (Å²) in [5.41, 5.74) is 0.838. The van der Waals surface area contributed by atoms with Gasteiger partial charge in [-0.15, -0.1) is 10.2 Å². The summed E-state index contributed by atoms with van der Waals surface area (Å²) in [6.07, 6.45) is 3.52. The number of nitrogens with zero attached hydrogens (tertiary/aromatic N) is 3. The molecule has 1 aliphatic rings. The Hall–Kier alpha value is -1.53. The minimum absolute atomic E-state index is 0.0586. The number of benzene rings is 1. The molecule has 0 spiro atoms. The van der Waals surface area contributed by atoms with Crippen LogP contribution in [0.2, 0.25) is 5.02 Å². The zero-order chi connectivity index (χ0) is 18.7. The highest BCUT2D eigenvalue weighted by molar-refractivity contribution is 7.99. The van der Waals surface area contributed by atoms with E-state index in [4.69, 9.17) is 11.6 Å². The number of thioether (sulfide) groups is 1. The molecule has 0 aliphatic heterocycles. The highest BCUT2D eigenvalue weighted by Crippen LogP contribution is 2.30. The number of amides is 1. The summed E-state index contributed by atoms with van der Waals surface area (Å²) in [6, 6.07) is 7.83. The fourth-order valence-electron chi connectivity index (χ4n) is 3.48. The second-order valence-corrected chi connectivity index (χ2v) is 8.42. The molecule has 1 aliphatic carbocycles. The summed E-state index contributed by atoms with van der Waals surface area (Å²) in [5, 5.41) is 13.0. The van der Waals surface area contributed by atoms with Crippen molar-refractivity contribution >= 4 is 29.3 Å². The first-order chi connectivity index (χ1) is 12.5. The minimum atomic E-state index is 0.0586. The number of rotatable bonds is 5. The summed E-state index contributed by atoms with van der Waals surface area (Å²) < 4.78 is 1.88. The molecule has 1 heterocycles. The van der Waals surface area contributed by atoms with Gasteiger partial charge in [0, 0.05) is 18.7 Å². The molecule has 1 aromatic heterocycles. The Balaban J connectivity index is 1.60. The predicted molar refractivity (Wildman–Crippen MR) is 106 cm³/mol. The molecule has 1 fully saturated rings. The zero-order valence-electron chi connectivity index (χ0n) is 15.4. The van der Waals surface area contributed by atoms with Crippen molar-refractivity contribution in [3.63, 3.8) is 0 Å². The molecule has 1 aromatic carbocycles. The van der Waals surface area contributed by atoms with Crippen molar-refractivity contribution in [3.05, 3.63) is 29.3 Å². The summed E-state index contributed by atoms with van der Waals surface area (Å²) in [4.78, 5) is 12.4. The third-order valence-electron chi connectivity index (χ3n) is 5.34. The maximum absolute atomic E-state index is 12.4. The molecular weight excluding hydrogens is 368 g/mol. The Morgan fingerprint density at radius 1 is 1.31 bits per heavy atom. The van der Waals surface area contributed by atoms with Crippen LogP contribution in [0.15, 0.2) is 29.4 Å². The Bertz CT molecular complexity index is 779. The smallest absolute Gasteiger partial charge is 0.230 e. The van der Waals surface area contributed by atoms with Crippen LogP contribution >= 0.6 is 23.4 Å². The molecule has 3 atom stereocenters. The van der Waals surface area contributed by atoms with Crippen molar-refractivity contribution in [2.24, 2.45) is 18.9 Å². The highest BCUT2D eigenvalue weighted by atomic mass is 35.5. The number of carbonyl (C=O) groups excluding carboxylic acids is 1. The van der Waals surface area contributed by atoms with Gasteiger partial charge in [-0.3, -0.25) is 4.79 Å². The number of halogens is 1. The first-order valence-corrected chi connectivity index (χ1v) is 10.4. The highest BCUT2D eigenvalue weighted by Gasteiger charge is 2.28. The van der Waals surface area contributed by atoms with E-state index in [0.29, 0.717) is 33.6 Å². The molecule has 3 rings (SSSR count). The lowest BCUT2D eigenvalue weighted by Gasteiger charge is -2.34. The number of hydrogen-bond donors (Lipinski definition) is 1. The van der Waals surface area contributed by atoms with E-state index in [9.17, 15) is 4.79 Å². The number of carbonyl (C=O) groups is 1. The lowest BCUT2D eigenvalue weighted by Crippen LogP contribution is -2.44. The van der Waals surface area contributed by atoms with Gasteiger partial charge in [0.25, 0.3) is 0 Å². The van der Waals surface area contributed by atoms with E-state index in [1.54, 1.807) is 0 Å². The van der Waals surface area contributed by atoms with Crippen molar-refractivity contribution in [3.8, 4) is 11.4 Å². The monoisotopic (exact) mass is 392 g/mol. The first kappa shape index (κ1) is 19.2. The van der Waals surface area contributed by atoms with E-state index in [2.05, 4.69) is 29.4 Å². The maximum atomic E-state index is 12.4. The van der Waals surface area contributed by atoms with E-state index in [1.165, 1.54) is 24.6 Å². The van der Waals surface area contributed by atoms with E-state index in [-0.39, 0.29) is 11.9 Å². The van der Waals surface area contributed by atoms with Crippen molar-refractivity contribution in [2.45, 2.75) is 44.3 Å². The fourth-order valence-corrected chi connectivity index (χ4v) is 4.42. The SMILES string of the molecule is CC1CCCC(NC(=O)CSc2nnc(-c3ccccc3Cl)n2C)C1C. The van der Waals surface area contributed by atoms with Gasteiger partial charge in [-0.05, 0) is 30.4 Å². The Kier molecular flexibility index (Phi) is 6.24. The van der Waals surface area contributed by atoms with Crippen molar-refractivity contribution in [1.82, 2.24) is 20.1 Å². The predicted octanol–water partition coefficient (Wildman–Crippen LogP) is 4.17. The van der Waals surface area contributed by atoms with Crippen LogP contribution in [0.3, 0.4) is 0 Å². The topological polar surface area (TPSA) is 59.8 Å². The third kappa shape index (κ3) is 4.23. The number of nitrogens with one attached hydrogen (secondary N) is 1. The van der Waals surface area contributed by atoms with Crippen molar-refractivity contribution in [1.29, 1.82) is 0 Å². The van der Waals surface area contributed by atoms with E-state index in [0.717, 1.165) is 12.0 Å². The molecule has 3 unspecified atom stereocenters. The lowest BCUT2D eigenvalue weighted by molar-refractivity contribution is -0.120. The molecular formula is C19H25ClN4OS. The van der Waals surface area contributed by atoms with E-state index >= 15 is 0 Å². The summed E-state index contributed by atoms with van der Waals surface area (Å²) >= 11 is 7.65. The van der Waals surface area contributed by atoms with E-state index < -0.39 is 0 Å². The van der Waals surface area contributed by atoms with Crippen LogP contribution < -0.4 is 5.32 Å². The lowest BCUT2D eigenvalue weighted by atomic mass is 9.78. The Morgan fingerprint density at radius 3 is 2.85 bits per heavy atom. The van der Waals surface area contributed by atoms with Gasteiger partial charge < -0.3 is 9.88 Å². The molecule has 0 saturated heterocycles. The average molecular weight is 393 g/mol. The Morgan fingerprint density at radius 2 is 2.08 bits per heavy atom. The van der Waals surface area contributed by atoms with Crippen LogP contribution in [0.1, 0.15) is 33.1 Å². The second kappa shape index (κ2) is 8.44. The molecule has 1 N–H and O–H groups in total. The number of aromatic nitrogens is 3. The van der Waals surface area contributed by atoms with Crippen molar-refractivity contribution < 1.29 is 4.79 Å². The van der Waals surface area contributed by atoms with Crippen LogP contribution in [-0.2, 0) is 11.8 Å². The van der Waals surface area contributed by atoms with Crippen LogP contribution in [0.5, 0.6) is 0 Å². The molecule has 0 bridgehead atoms. The van der Waals surface area contributed by atoms with Gasteiger partial charge in [0.2, 0.25) is 5.91 Å². The van der Waals surface area contributed by atoms with Crippen molar-refractivity contribution in [2.75, 3.05) is 5.75 Å². The second-order valence-electron chi connectivity index (χ2n) is 7.08. The van der Waals surface area contributed by atoms with Gasteiger partial charge in [0.15, 0.2) is 11.0 Å². The molecule has 7 heteroatoms. The standard InChI is InChI=1S/C19H25ClN4OS/c1-12-7-6-10-16(13(12)2)21-17(25)11-26-19-23-22-18(24(19)3)14-8-4-5-9-15(14)20/h4-5,8-9,12-13,16H,6-7,10-11H2,1-3H3,(H,21,25). The first-order valence-electron chi connectivity index (χ1n) is 9.03. The zero-order valence-corrected chi connectivity index (χ0v) is 17.0. The maximum Gasteiger partial charge on any atom is 0.230 e. The molecule has 2 aromatic rings. The summed E-state index contributed by atoms with van der Waals surface area (Å²) in [5.74, 6) is 2.29. The van der Waals surface area contributed by atoms with Gasteiger partial charge in [-0.25, -0.2) is 0 Å². The van der Waals surface area contributed by atoms with Crippen LogP contribution in [-0.4, -0.2) is 32.5 Å². The largest absolute Gasteiger partial charge is 0.352 e. The molecule has 1 saturated carbocycles. The fraction of sp³-hybridized carbons (Fsp3) is 0.526. The number of hydrogen-bond acceptors (Lipinski definition) is 4. The molecule has 5 nitrogen and oxygen atoms in total. The third-order valence-corrected chi connectivity index (χ3v) is 6.69. The van der Waals surface area contributed by atoms with Gasteiger partial charge in [0.1, 0.15) is 0 Å². The van der Waals surface area contributed by atoms with Crippen LogP contribution in [0.4, 0.5) is 0 Å². The summed E-state index contributed by atoms with van der Waals surface area (Å²) in [6.45, 7) is 4.51. The van der Waals surface area contributed by atoms with Gasteiger partial charge >= 0.3 is 0 Å². The normalized spacial score (nSPS) is 23.0. The quantitative estimate of drug-likeness (QED) is 0.776. The summed E-state index contributed by atoms with van der Waals surface area (Å²) in [7, 11) is 1.89. The van der Waals surface area contributed by atoms with Gasteiger partial charge in [0.05, 0.1) is 10.8 Å². The van der Waals surface area contributed by atoms with Gasteiger partial charge in [-0.2, -0.15) is 0 Å². The van der Waals surface area contributed by atoms with Crippen LogP contribution in [0.25, 0.3) is 11.4 Å².